The number of nitrogens with one attached hydrogen (secondary N) is 1. The van der Waals surface area contributed by atoms with Gasteiger partial charge in [-0.25, -0.2) is 0 Å². The zero-order chi connectivity index (χ0) is 8.60. The number of amides is 1. The lowest BCUT2D eigenvalue weighted by Gasteiger charge is -2.38. The molecule has 2 aliphatic heterocycles. The smallest absolute Gasteiger partial charge is 0.233 e. The summed E-state index contributed by atoms with van der Waals surface area (Å²) in [4.78, 5) is 13.4. The zero-order valence-electron chi connectivity index (χ0n) is 7.71. The summed E-state index contributed by atoms with van der Waals surface area (Å²) in [5.41, 5.74) is 0. The van der Waals surface area contributed by atoms with Crippen LogP contribution in [0.4, 0.5) is 0 Å². The predicted octanol–water partition coefficient (Wildman–Crippen LogP) is 0.693. The summed E-state index contributed by atoms with van der Waals surface area (Å²) in [7, 11) is 1.94. The molecule has 2 saturated heterocycles. The summed E-state index contributed by atoms with van der Waals surface area (Å²) in [6.45, 7) is 2.09. The van der Waals surface area contributed by atoms with Gasteiger partial charge in [0.05, 0.1) is 10.6 Å². The Morgan fingerprint density at radius 3 is 2.54 bits per heavy atom. The highest BCUT2D eigenvalue weighted by Gasteiger charge is 2.44. The highest BCUT2D eigenvalue weighted by Crippen LogP contribution is 2.41. The lowest BCUT2D eigenvalue weighted by atomic mass is 10.0. The van der Waals surface area contributed by atoms with Crippen molar-refractivity contribution in [3.05, 3.63) is 0 Å². The first-order chi connectivity index (χ1) is 5.75. The van der Waals surface area contributed by atoms with Crippen LogP contribution in [0.3, 0.4) is 0 Å². The van der Waals surface area contributed by atoms with E-state index in [1.54, 1.807) is 0 Å². The summed E-state index contributed by atoms with van der Waals surface area (Å²) >= 11 is 1.82. The molecule has 0 bridgehead atoms. The highest BCUT2D eigenvalue weighted by molar-refractivity contribution is 8.01. The van der Waals surface area contributed by atoms with E-state index in [0.29, 0.717) is 11.7 Å². The fourth-order valence-electron chi connectivity index (χ4n) is 1.91. The zero-order valence-corrected chi connectivity index (χ0v) is 9.34. The molecule has 0 aromatic carbocycles. The van der Waals surface area contributed by atoms with Gasteiger partial charge in [-0.1, -0.05) is 0 Å². The molecule has 0 saturated carbocycles. The maximum absolute atomic E-state index is 11.3. The number of piperidine rings is 1. The van der Waals surface area contributed by atoms with Gasteiger partial charge in [-0.3, -0.25) is 4.79 Å². The van der Waals surface area contributed by atoms with Gasteiger partial charge in [0.25, 0.3) is 0 Å². The van der Waals surface area contributed by atoms with Crippen LogP contribution in [-0.2, 0) is 4.79 Å². The Bertz CT molecular complexity index is 206. The second-order valence-electron chi connectivity index (χ2n) is 3.44. The van der Waals surface area contributed by atoms with Crippen molar-refractivity contribution in [2.75, 3.05) is 25.9 Å². The second kappa shape index (κ2) is 4.07. The third kappa shape index (κ3) is 1.80. The van der Waals surface area contributed by atoms with Crippen molar-refractivity contribution in [1.29, 1.82) is 0 Å². The van der Waals surface area contributed by atoms with Crippen LogP contribution in [0.25, 0.3) is 0 Å². The number of carbonyl (C=O) groups excluding carboxylic acids is 1. The molecule has 0 aliphatic carbocycles. The summed E-state index contributed by atoms with van der Waals surface area (Å²) in [6.07, 6.45) is 2.19. The van der Waals surface area contributed by atoms with E-state index in [4.69, 9.17) is 0 Å². The maximum Gasteiger partial charge on any atom is 0.233 e. The molecule has 0 aromatic heterocycles. The minimum absolute atomic E-state index is 0. The predicted molar refractivity (Wildman–Crippen MR) is 57.3 cm³/mol. The average molecular weight is 223 g/mol. The quantitative estimate of drug-likeness (QED) is 0.655. The summed E-state index contributed by atoms with van der Waals surface area (Å²) in [6, 6.07) is 0. The standard InChI is InChI=1S/C8H14N2OS.ClH/c1-10-7(11)6-12-8(10)2-4-9-5-3-8;/h9H,2-6H2,1H3;1H. The molecule has 0 atom stereocenters. The molecule has 2 heterocycles. The molecule has 5 heteroatoms. The van der Waals surface area contributed by atoms with Crippen LogP contribution in [0.2, 0.25) is 0 Å². The van der Waals surface area contributed by atoms with E-state index in [-0.39, 0.29) is 17.3 Å². The van der Waals surface area contributed by atoms with E-state index in [2.05, 4.69) is 5.32 Å². The first-order valence-corrected chi connectivity index (χ1v) is 5.34. The first kappa shape index (κ1) is 11.1. The minimum atomic E-state index is 0. The van der Waals surface area contributed by atoms with E-state index in [1.807, 2.05) is 23.7 Å². The van der Waals surface area contributed by atoms with E-state index >= 15 is 0 Å². The largest absolute Gasteiger partial charge is 0.330 e. The summed E-state index contributed by atoms with van der Waals surface area (Å²) in [5, 5.41) is 3.32. The normalized spacial score (nSPS) is 26.2. The lowest BCUT2D eigenvalue weighted by molar-refractivity contribution is -0.129. The number of thioether (sulfide) groups is 1. The lowest BCUT2D eigenvalue weighted by Crippen LogP contribution is -2.48. The van der Waals surface area contributed by atoms with Crippen LogP contribution < -0.4 is 5.32 Å². The van der Waals surface area contributed by atoms with Crippen molar-refractivity contribution in [3.63, 3.8) is 0 Å². The van der Waals surface area contributed by atoms with Gasteiger partial charge in [-0.2, -0.15) is 0 Å². The number of halogens is 1. The summed E-state index contributed by atoms with van der Waals surface area (Å²) in [5.74, 6) is 0.971. The van der Waals surface area contributed by atoms with Gasteiger partial charge in [0, 0.05) is 7.05 Å². The second-order valence-corrected chi connectivity index (χ2v) is 4.77. The molecule has 13 heavy (non-hydrogen) atoms. The molecule has 3 nitrogen and oxygen atoms in total. The molecule has 0 aromatic rings. The Hall–Kier alpha value is 0.0700. The van der Waals surface area contributed by atoms with Gasteiger partial charge >= 0.3 is 0 Å². The molecule has 2 fully saturated rings. The molecule has 1 amide bonds. The molecule has 1 spiro atoms. The Kier molecular flexibility index (Phi) is 3.49. The fourth-order valence-corrected chi connectivity index (χ4v) is 3.29. The van der Waals surface area contributed by atoms with Crippen LogP contribution in [0.1, 0.15) is 12.8 Å². The van der Waals surface area contributed by atoms with E-state index in [1.165, 1.54) is 0 Å². The number of hydrogen-bond acceptors (Lipinski definition) is 3. The van der Waals surface area contributed by atoms with Gasteiger partial charge in [0.15, 0.2) is 0 Å². The SMILES string of the molecule is CN1C(=O)CSC12CCNCC2.Cl. The Balaban J connectivity index is 0.000000845. The van der Waals surface area contributed by atoms with Crippen LogP contribution in [0.15, 0.2) is 0 Å². The Labute approximate surface area is 89.0 Å². The van der Waals surface area contributed by atoms with Crippen molar-refractivity contribution in [1.82, 2.24) is 10.2 Å². The number of nitrogens with zero attached hydrogens (tertiary/aromatic N) is 1. The van der Waals surface area contributed by atoms with Gasteiger partial charge in [-0.15, -0.1) is 24.2 Å². The Morgan fingerprint density at radius 2 is 2.08 bits per heavy atom. The number of carbonyl (C=O) groups is 1. The van der Waals surface area contributed by atoms with Gasteiger partial charge in [-0.05, 0) is 25.9 Å². The average Bonchev–Trinajstić information content (AvgIpc) is 2.37. The van der Waals surface area contributed by atoms with Crippen molar-refractivity contribution < 1.29 is 4.79 Å². The first-order valence-electron chi connectivity index (χ1n) is 4.36. The van der Waals surface area contributed by atoms with E-state index in [0.717, 1.165) is 25.9 Å². The Morgan fingerprint density at radius 1 is 1.46 bits per heavy atom. The van der Waals surface area contributed by atoms with Gasteiger partial charge in [0.1, 0.15) is 0 Å². The third-order valence-corrected chi connectivity index (χ3v) is 4.45. The van der Waals surface area contributed by atoms with Crippen molar-refractivity contribution >= 4 is 30.1 Å². The van der Waals surface area contributed by atoms with Gasteiger partial charge < -0.3 is 10.2 Å². The van der Waals surface area contributed by atoms with Crippen LogP contribution >= 0.6 is 24.2 Å². The monoisotopic (exact) mass is 222 g/mol. The molecular formula is C8H15ClN2OS. The van der Waals surface area contributed by atoms with Crippen molar-refractivity contribution in [2.24, 2.45) is 0 Å². The van der Waals surface area contributed by atoms with Crippen LogP contribution in [-0.4, -0.2) is 41.6 Å². The third-order valence-electron chi connectivity index (χ3n) is 2.83. The molecule has 76 valence electrons. The van der Waals surface area contributed by atoms with E-state index in [9.17, 15) is 4.79 Å². The number of hydrogen-bond donors (Lipinski definition) is 1. The van der Waals surface area contributed by atoms with E-state index < -0.39 is 0 Å². The van der Waals surface area contributed by atoms with Gasteiger partial charge in [0.2, 0.25) is 5.91 Å². The molecule has 2 aliphatic rings. The van der Waals surface area contributed by atoms with Crippen molar-refractivity contribution in [3.8, 4) is 0 Å². The molecule has 1 N–H and O–H groups in total. The molecular weight excluding hydrogens is 208 g/mol. The number of rotatable bonds is 0. The van der Waals surface area contributed by atoms with Crippen LogP contribution in [0, 0.1) is 0 Å². The summed E-state index contributed by atoms with van der Waals surface area (Å²) < 4.78 is 0. The molecule has 2 rings (SSSR count). The van der Waals surface area contributed by atoms with Crippen molar-refractivity contribution in [2.45, 2.75) is 17.7 Å². The molecule has 0 unspecified atom stereocenters. The topological polar surface area (TPSA) is 32.3 Å². The minimum Gasteiger partial charge on any atom is -0.330 e. The maximum atomic E-state index is 11.3. The fraction of sp³-hybridized carbons (Fsp3) is 0.875. The highest BCUT2D eigenvalue weighted by atomic mass is 35.5. The van der Waals surface area contributed by atoms with Crippen LogP contribution in [0.5, 0.6) is 0 Å². The molecule has 0 radical (unpaired) electrons.